The van der Waals surface area contributed by atoms with Crippen molar-refractivity contribution in [2.75, 3.05) is 36.4 Å². The Morgan fingerprint density at radius 2 is 2.28 bits per heavy atom. The molecule has 0 saturated carbocycles. The van der Waals surface area contributed by atoms with Crippen molar-refractivity contribution in [3.05, 3.63) is 22.7 Å². The van der Waals surface area contributed by atoms with Crippen LogP contribution in [0, 0.1) is 0 Å². The van der Waals surface area contributed by atoms with Gasteiger partial charge in [0.25, 0.3) is 0 Å². The molecule has 2 aliphatic rings. The normalized spacial score (nSPS) is 21.9. The second-order valence-corrected chi connectivity index (χ2v) is 5.53. The maximum atomic E-state index is 11.0. The Morgan fingerprint density at radius 1 is 1.44 bits per heavy atom. The Balaban J connectivity index is 1.86. The Labute approximate surface area is 114 Å². The number of piperazine rings is 1. The number of hydrogen-bond donors (Lipinski definition) is 2. The van der Waals surface area contributed by atoms with Crippen molar-refractivity contribution in [2.24, 2.45) is 0 Å². The number of nitrogens with one attached hydrogen (secondary N) is 1. The molecule has 0 aliphatic carbocycles. The van der Waals surface area contributed by atoms with Crippen molar-refractivity contribution in [1.29, 1.82) is 0 Å². The first-order chi connectivity index (χ1) is 8.65. The van der Waals surface area contributed by atoms with E-state index in [1.165, 1.54) is 10.6 Å². The summed E-state index contributed by atoms with van der Waals surface area (Å²) in [6.45, 7) is 2.68. The molecular formula is C12H14BrN3O2. The lowest BCUT2D eigenvalue weighted by Crippen LogP contribution is -2.58. The van der Waals surface area contributed by atoms with Gasteiger partial charge >= 0.3 is 6.09 Å². The summed E-state index contributed by atoms with van der Waals surface area (Å²) in [4.78, 5) is 14.8. The van der Waals surface area contributed by atoms with Crippen LogP contribution in [0.5, 0.6) is 0 Å². The number of amides is 1. The molecule has 96 valence electrons. The average molecular weight is 312 g/mol. The summed E-state index contributed by atoms with van der Waals surface area (Å²) in [5, 5.41) is 12.4. The molecule has 1 aromatic rings. The van der Waals surface area contributed by atoms with E-state index in [1.54, 1.807) is 0 Å². The zero-order chi connectivity index (χ0) is 12.7. The number of rotatable bonds is 0. The first kappa shape index (κ1) is 11.6. The second-order valence-electron chi connectivity index (χ2n) is 4.62. The third kappa shape index (κ3) is 1.90. The van der Waals surface area contributed by atoms with E-state index in [-0.39, 0.29) is 6.04 Å². The van der Waals surface area contributed by atoms with E-state index in [1.807, 2.05) is 6.07 Å². The zero-order valence-corrected chi connectivity index (χ0v) is 11.4. The summed E-state index contributed by atoms with van der Waals surface area (Å²) in [5.41, 5.74) is 2.28. The van der Waals surface area contributed by atoms with E-state index >= 15 is 0 Å². The molecule has 2 aliphatic heterocycles. The summed E-state index contributed by atoms with van der Waals surface area (Å²) in [6.07, 6.45) is -0.823. The van der Waals surface area contributed by atoms with E-state index in [0.717, 1.165) is 23.2 Å². The molecule has 0 aromatic heterocycles. The van der Waals surface area contributed by atoms with E-state index in [9.17, 15) is 4.79 Å². The molecule has 0 radical (unpaired) electrons. The van der Waals surface area contributed by atoms with Gasteiger partial charge in [-0.2, -0.15) is 0 Å². The van der Waals surface area contributed by atoms with Crippen molar-refractivity contribution >= 4 is 33.4 Å². The third-order valence-electron chi connectivity index (χ3n) is 3.55. The SMILES string of the molecule is O=C(O)N1CCN2c3ccc(Br)cc3NCC2C1. The third-order valence-corrected chi connectivity index (χ3v) is 4.04. The van der Waals surface area contributed by atoms with Gasteiger partial charge in [-0.05, 0) is 18.2 Å². The number of fused-ring (bicyclic) bond motifs is 3. The van der Waals surface area contributed by atoms with Crippen molar-refractivity contribution in [3.63, 3.8) is 0 Å². The van der Waals surface area contributed by atoms with Crippen LogP contribution < -0.4 is 10.2 Å². The largest absolute Gasteiger partial charge is 0.465 e. The summed E-state index contributed by atoms with van der Waals surface area (Å²) >= 11 is 3.46. The predicted molar refractivity (Wildman–Crippen MR) is 73.4 cm³/mol. The second kappa shape index (κ2) is 4.35. The average Bonchev–Trinajstić information content (AvgIpc) is 2.37. The van der Waals surface area contributed by atoms with E-state index in [2.05, 4.69) is 38.3 Å². The minimum atomic E-state index is -0.823. The molecule has 3 rings (SSSR count). The van der Waals surface area contributed by atoms with Crippen molar-refractivity contribution < 1.29 is 9.90 Å². The van der Waals surface area contributed by atoms with Crippen LogP contribution in [0.1, 0.15) is 0 Å². The highest BCUT2D eigenvalue weighted by atomic mass is 79.9. The molecule has 18 heavy (non-hydrogen) atoms. The fourth-order valence-electron chi connectivity index (χ4n) is 2.65. The van der Waals surface area contributed by atoms with Gasteiger partial charge in [0.05, 0.1) is 17.4 Å². The molecule has 5 nitrogen and oxygen atoms in total. The van der Waals surface area contributed by atoms with Crippen LogP contribution in [0.15, 0.2) is 22.7 Å². The van der Waals surface area contributed by atoms with Gasteiger partial charge in [0, 0.05) is 30.7 Å². The van der Waals surface area contributed by atoms with Gasteiger partial charge < -0.3 is 20.2 Å². The van der Waals surface area contributed by atoms with Gasteiger partial charge in [-0.25, -0.2) is 4.79 Å². The number of hydrogen-bond acceptors (Lipinski definition) is 3. The Bertz CT molecular complexity index is 494. The predicted octanol–water partition coefficient (Wildman–Crippen LogP) is 2.04. The Kier molecular flexibility index (Phi) is 2.81. The summed E-state index contributed by atoms with van der Waals surface area (Å²) < 4.78 is 1.05. The van der Waals surface area contributed by atoms with Crippen molar-refractivity contribution in [3.8, 4) is 0 Å². The Hall–Kier alpha value is -1.43. The van der Waals surface area contributed by atoms with E-state index in [4.69, 9.17) is 5.11 Å². The fraction of sp³-hybridized carbons (Fsp3) is 0.417. The molecule has 1 fully saturated rings. The minimum Gasteiger partial charge on any atom is -0.465 e. The van der Waals surface area contributed by atoms with Gasteiger partial charge in [-0.3, -0.25) is 0 Å². The fourth-order valence-corrected chi connectivity index (χ4v) is 3.01. The van der Waals surface area contributed by atoms with Crippen LogP contribution in [0.3, 0.4) is 0 Å². The van der Waals surface area contributed by atoms with Crippen LogP contribution >= 0.6 is 15.9 Å². The molecule has 6 heteroatoms. The smallest absolute Gasteiger partial charge is 0.407 e. The highest BCUT2D eigenvalue weighted by Gasteiger charge is 2.33. The molecule has 0 bridgehead atoms. The lowest BCUT2D eigenvalue weighted by atomic mass is 10.1. The first-order valence-electron chi connectivity index (χ1n) is 5.93. The summed E-state index contributed by atoms with van der Waals surface area (Å²) in [6, 6.07) is 6.39. The standard InChI is InChI=1S/C12H14BrN3O2/c13-8-1-2-11-10(5-8)14-6-9-7-15(12(17)18)3-4-16(9)11/h1-2,5,9,14H,3-4,6-7H2,(H,17,18). The van der Waals surface area contributed by atoms with Gasteiger partial charge in [-0.1, -0.05) is 15.9 Å². The van der Waals surface area contributed by atoms with Crippen LogP contribution in [-0.2, 0) is 0 Å². The molecule has 1 saturated heterocycles. The number of nitrogens with zero attached hydrogens (tertiary/aromatic N) is 2. The molecular weight excluding hydrogens is 298 g/mol. The number of anilines is 2. The summed E-state index contributed by atoms with van der Waals surface area (Å²) in [5.74, 6) is 0. The quantitative estimate of drug-likeness (QED) is 0.770. The van der Waals surface area contributed by atoms with Crippen LogP contribution in [0.4, 0.5) is 16.2 Å². The van der Waals surface area contributed by atoms with E-state index in [0.29, 0.717) is 13.1 Å². The van der Waals surface area contributed by atoms with Gasteiger partial charge in [-0.15, -0.1) is 0 Å². The maximum absolute atomic E-state index is 11.0. The molecule has 1 amide bonds. The Morgan fingerprint density at radius 3 is 3.06 bits per heavy atom. The topological polar surface area (TPSA) is 55.8 Å². The first-order valence-corrected chi connectivity index (χ1v) is 6.72. The lowest BCUT2D eigenvalue weighted by Gasteiger charge is -2.45. The van der Waals surface area contributed by atoms with Crippen molar-refractivity contribution in [2.45, 2.75) is 6.04 Å². The summed E-state index contributed by atoms with van der Waals surface area (Å²) in [7, 11) is 0. The molecule has 1 aromatic carbocycles. The molecule has 2 N–H and O–H groups in total. The lowest BCUT2D eigenvalue weighted by molar-refractivity contribution is 0.135. The minimum absolute atomic E-state index is 0.225. The zero-order valence-electron chi connectivity index (χ0n) is 9.77. The molecule has 1 unspecified atom stereocenters. The molecule has 1 atom stereocenters. The van der Waals surface area contributed by atoms with Crippen LogP contribution in [0.25, 0.3) is 0 Å². The van der Waals surface area contributed by atoms with Gasteiger partial charge in [0.2, 0.25) is 0 Å². The highest BCUT2D eigenvalue weighted by Crippen LogP contribution is 2.34. The van der Waals surface area contributed by atoms with Crippen LogP contribution in [-0.4, -0.2) is 48.3 Å². The van der Waals surface area contributed by atoms with Crippen LogP contribution in [0.2, 0.25) is 0 Å². The number of carboxylic acid groups (broad SMARTS) is 1. The number of halogens is 1. The maximum Gasteiger partial charge on any atom is 0.407 e. The van der Waals surface area contributed by atoms with E-state index < -0.39 is 6.09 Å². The molecule has 2 heterocycles. The van der Waals surface area contributed by atoms with Gasteiger partial charge in [0.15, 0.2) is 0 Å². The monoisotopic (exact) mass is 311 g/mol. The molecule has 0 spiro atoms. The van der Waals surface area contributed by atoms with Gasteiger partial charge in [0.1, 0.15) is 0 Å². The highest BCUT2D eigenvalue weighted by molar-refractivity contribution is 9.10. The number of carbonyl (C=O) groups is 1. The van der Waals surface area contributed by atoms with Crippen molar-refractivity contribution in [1.82, 2.24) is 4.90 Å². The number of benzene rings is 1.